The molecule has 102 valence electrons. The van der Waals surface area contributed by atoms with Crippen molar-refractivity contribution in [1.82, 2.24) is 0 Å². The molecule has 1 aromatic carbocycles. The van der Waals surface area contributed by atoms with E-state index in [1.807, 2.05) is 6.07 Å². The Morgan fingerprint density at radius 3 is 2.74 bits per heavy atom. The number of amides is 1. The van der Waals surface area contributed by atoms with Crippen LogP contribution in [0.15, 0.2) is 12.1 Å². The van der Waals surface area contributed by atoms with E-state index in [-0.39, 0.29) is 11.3 Å². The maximum absolute atomic E-state index is 11.7. The Bertz CT molecular complexity index is 519. The van der Waals surface area contributed by atoms with Crippen LogP contribution in [0.1, 0.15) is 36.8 Å². The third-order valence-corrected chi connectivity index (χ3v) is 4.57. The number of anilines is 1. The zero-order valence-electron chi connectivity index (χ0n) is 11.3. The molecular formula is C15H20N2O2. The SMILES string of the molecule is COc1cc2c(c(C3(CN)CCCC3)c1)NC(=O)C2. The molecule has 3 rings (SSSR count). The number of nitrogens with one attached hydrogen (secondary N) is 1. The second-order valence-electron chi connectivity index (χ2n) is 5.63. The first-order valence-electron chi connectivity index (χ1n) is 6.90. The first-order chi connectivity index (χ1) is 9.18. The van der Waals surface area contributed by atoms with E-state index in [1.165, 1.54) is 18.4 Å². The first kappa shape index (κ1) is 12.5. The quantitative estimate of drug-likeness (QED) is 0.873. The highest BCUT2D eigenvalue weighted by atomic mass is 16.5. The van der Waals surface area contributed by atoms with Crippen LogP contribution < -0.4 is 15.8 Å². The molecule has 1 fully saturated rings. The van der Waals surface area contributed by atoms with Crippen LogP contribution in [0.2, 0.25) is 0 Å². The van der Waals surface area contributed by atoms with Crippen molar-refractivity contribution in [2.75, 3.05) is 19.0 Å². The van der Waals surface area contributed by atoms with Gasteiger partial charge in [0.15, 0.2) is 0 Å². The Hall–Kier alpha value is -1.55. The van der Waals surface area contributed by atoms with Crippen LogP contribution >= 0.6 is 0 Å². The van der Waals surface area contributed by atoms with Crippen molar-refractivity contribution in [2.45, 2.75) is 37.5 Å². The summed E-state index contributed by atoms with van der Waals surface area (Å²) in [5.74, 6) is 0.889. The molecule has 2 aliphatic rings. The van der Waals surface area contributed by atoms with Crippen molar-refractivity contribution < 1.29 is 9.53 Å². The number of hydrogen-bond acceptors (Lipinski definition) is 3. The average Bonchev–Trinajstić information content (AvgIpc) is 3.03. The number of hydrogen-bond donors (Lipinski definition) is 2. The van der Waals surface area contributed by atoms with Crippen molar-refractivity contribution in [3.05, 3.63) is 23.3 Å². The normalized spacial score (nSPS) is 20.2. The molecule has 0 saturated heterocycles. The van der Waals surface area contributed by atoms with Gasteiger partial charge in [0.05, 0.1) is 13.5 Å². The number of benzene rings is 1. The maximum atomic E-state index is 11.7. The molecule has 1 heterocycles. The largest absolute Gasteiger partial charge is 0.497 e. The van der Waals surface area contributed by atoms with Crippen molar-refractivity contribution in [3.63, 3.8) is 0 Å². The van der Waals surface area contributed by atoms with Gasteiger partial charge in [-0.25, -0.2) is 0 Å². The fraction of sp³-hybridized carbons (Fsp3) is 0.533. The topological polar surface area (TPSA) is 64.3 Å². The molecular weight excluding hydrogens is 240 g/mol. The monoisotopic (exact) mass is 260 g/mol. The van der Waals surface area contributed by atoms with Gasteiger partial charge in [0.2, 0.25) is 5.91 Å². The number of methoxy groups -OCH3 is 1. The van der Waals surface area contributed by atoms with Crippen LogP contribution in [0.5, 0.6) is 5.75 Å². The van der Waals surface area contributed by atoms with Crippen LogP contribution in [0.3, 0.4) is 0 Å². The van der Waals surface area contributed by atoms with Gasteiger partial charge in [-0.2, -0.15) is 0 Å². The van der Waals surface area contributed by atoms with E-state index >= 15 is 0 Å². The van der Waals surface area contributed by atoms with E-state index < -0.39 is 0 Å². The zero-order valence-corrected chi connectivity index (χ0v) is 11.3. The molecule has 1 amide bonds. The minimum absolute atomic E-state index is 0.0102. The standard InChI is InChI=1S/C15H20N2O2/c1-19-11-6-10-7-13(18)17-14(10)12(8-11)15(9-16)4-2-3-5-15/h6,8H,2-5,7,9,16H2,1H3,(H,17,18). The molecule has 19 heavy (non-hydrogen) atoms. The van der Waals surface area contributed by atoms with E-state index in [1.54, 1.807) is 7.11 Å². The Morgan fingerprint density at radius 1 is 1.37 bits per heavy atom. The number of carbonyl (C=O) groups is 1. The molecule has 0 bridgehead atoms. The summed E-state index contributed by atoms with van der Waals surface area (Å²) in [6.45, 7) is 0.627. The molecule has 0 unspecified atom stereocenters. The van der Waals surface area contributed by atoms with Crippen molar-refractivity contribution >= 4 is 11.6 Å². The lowest BCUT2D eigenvalue weighted by Crippen LogP contribution is -2.32. The molecule has 4 heteroatoms. The van der Waals surface area contributed by atoms with Crippen LogP contribution in [0.25, 0.3) is 0 Å². The highest BCUT2D eigenvalue weighted by Crippen LogP contribution is 2.46. The number of ether oxygens (including phenoxy) is 1. The van der Waals surface area contributed by atoms with Gasteiger partial charge in [-0.15, -0.1) is 0 Å². The first-order valence-corrected chi connectivity index (χ1v) is 6.90. The Kier molecular flexibility index (Phi) is 2.97. The summed E-state index contributed by atoms with van der Waals surface area (Å²) < 4.78 is 5.38. The molecule has 1 saturated carbocycles. The van der Waals surface area contributed by atoms with Crippen LogP contribution in [-0.4, -0.2) is 19.6 Å². The number of nitrogens with two attached hydrogens (primary N) is 1. The molecule has 1 aromatic rings. The molecule has 0 aromatic heterocycles. The van der Waals surface area contributed by atoms with Gasteiger partial charge < -0.3 is 15.8 Å². The lowest BCUT2D eigenvalue weighted by Gasteiger charge is -2.30. The summed E-state index contributed by atoms with van der Waals surface area (Å²) in [7, 11) is 1.67. The fourth-order valence-corrected chi connectivity index (χ4v) is 3.49. The van der Waals surface area contributed by atoms with Crippen LogP contribution in [0, 0.1) is 0 Å². The third kappa shape index (κ3) is 1.91. The summed E-state index contributed by atoms with van der Waals surface area (Å²) in [4.78, 5) is 11.7. The Balaban J connectivity index is 2.14. The van der Waals surface area contributed by atoms with Gasteiger partial charge in [0.1, 0.15) is 5.75 Å². The maximum Gasteiger partial charge on any atom is 0.228 e. The molecule has 1 aliphatic carbocycles. The van der Waals surface area contributed by atoms with Gasteiger partial charge in [-0.3, -0.25) is 4.79 Å². The molecule has 3 N–H and O–H groups in total. The predicted octanol–water partition coefficient (Wildman–Crippen LogP) is 1.96. The summed E-state index contributed by atoms with van der Waals surface area (Å²) in [5, 5.41) is 3.00. The van der Waals surface area contributed by atoms with Crippen LogP contribution in [-0.2, 0) is 16.6 Å². The Morgan fingerprint density at radius 2 is 2.11 bits per heavy atom. The van der Waals surface area contributed by atoms with Crippen molar-refractivity contribution in [1.29, 1.82) is 0 Å². The second-order valence-corrected chi connectivity index (χ2v) is 5.63. The van der Waals surface area contributed by atoms with E-state index in [2.05, 4.69) is 11.4 Å². The lowest BCUT2D eigenvalue weighted by molar-refractivity contribution is -0.115. The highest BCUT2D eigenvalue weighted by Gasteiger charge is 2.38. The number of fused-ring (bicyclic) bond motifs is 1. The molecule has 0 atom stereocenters. The summed E-state index contributed by atoms with van der Waals surface area (Å²) in [6, 6.07) is 4.01. The minimum Gasteiger partial charge on any atom is -0.497 e. The molecule has 4 nitrogen and oxygen atoms in total. The highest BCUT2D eigenvalue weighted by molar-refractivity contribution is 6.00. The number of carbonyl (C=O) groups excluding carboxylic acids is 1. The zero-order chi connectivity index (χ0) is 13.5. The third-order valence-electron chi connectivity index (χ3n) is 4.57. The smallest absolute Gasteiger partial charge is 0.228 e. The van der Waals surface area contributed by atoms with E-state index in [9.17, 15) is 4.79 Å². The fourth-order valence-electron chi connectivity index (χ4n) is 3.49. The predicted molar refractivity (Wildman–Crippen MR) is 74.5 cm³/mol. The Labute approximate surface area is 113 Å². The second kappa shape index (κ2) is 4.53. The average molecular weight is 260 g/mol. The molecule has 1 aliphatic heterocycles. The van der Waals surface area contributed by atoms with Gasteiger partial charge in [0.25, 0.3) is 0 Å². The van der Waals surface area contributed by atoms with E-state index in [0.717, 1.165) is 29.8 Å². The van der Waals surface area contributed by atoms with E-state index in [4.69, 9.17) is 10.5 Å². The van der Waals surface area contributed by atoms with Crippen molar-refractivity contribution in [2.24, 2.45) is 5.73 Å². The summed E-state index contributed by atoms with van der Waals surface area (Å²) in [5.41, 5.74) is 9.28. The minimum atomic E-state index is 0.0102. The molecule has 0 radical (unpaired) electrons. The summed E-state index contributed by atoms with van der Waals surface area (Å²) in [6.07, 6.45) is 5.05. The molecule has 0 spiro atoms. The van der Waals surface area contributed by atoms with Gasteiger partial charge in [0, 0.05) is 17.6 Å². The van der Waals surface area contributed by atoms with Gasteiger partial charge in [-0.05, 0) is 36.1 Å². The summed E-state index contributed by atoms with van der Waals surface area (Å²) >= 11 is 0. The lowest BCUT2D eigenvalue weighted by atomic mass is 9.77. The van der Waals surface area contributed by atoms with Gasteiger partial charge >= 0.3 is 0 Å². The van der Waals surface area contributed by atoms with Crippen molar-refractivity contribution in [3.8, 4) is 5.75 Å². The number of rotatable bonds is 3. The van der Waals surface area contributed by atoms with E-state index in [0.29, 0.717) is 13.0 Å². The van der Waals surface area contributed by atoms with Crippen LogP contribution in [0.4, 0.5) is 5.69 Å². The van der Waals surface area contributed by atoms with Gasteiger partial charge in [-0.1, -0.05) is 12.8 Å².